The molecular formula is C14H20N6O3S2. The van der Waals surface area contributed by atoms with Gasteiger partial charge < -0.3 is 10.6 Å². The molecule has 0 fully saturated rings. The fourth-order valence-corrected chi connectivity index (χ4v) is 3.57. The molecule has 0 aliphatic heterocycles. The standard InChI is InChI=1S/C14H20N6O3S2/c1-2-7-17-25(22,23)12-5-3-11(4-6-12)18-14(21)15-8-9-24-13-10-16-20-19-13/h3-6,10,17H,2,7-9H2,1H3,(H2,15,18,21)(H,16,19,20). The normalized spacial score (nSPS) is 11.2. The smallest absolute Gasteiger partial charge is 0.319 e. The second-order valence-electron chi connectivity index (χ2n) is 4.96. The van der Waals surface area contributed by atoms with Gasteiger partial charge in [-0.1, -0.05) is 6.92 Å². The Kier molecular flexibility index (Phi) is 7.22. The van der Waals surface area contributed by atoms with Crippen LogP contribution in [0.25, 0.3) is 0 Å². The molecule has 0 aliphatic carbocycles. The fourth-order valence-electron chi connectivity index (χ4n) is 1.79. The van der Waals surface area contributed by atoms with E-state index in [0.29, 0.717) is 31.0 Å². The van der Waals surface area contributed by atoms with Crippen molar-refractivity contribution >= 4 is 33.5 Å². The summed E-state index contributed by atoms with van der Waals surface area (Å²) in [5.74, 6) is 0.653. The number of anilines is 1. The number of thioether (sulfide) groups is 1. The summed E-state index contributed by atoms with van der Waals surface area (Å²) in [5.41, 5.74) is 0.510. The lowest BCUT2D eigenvalue weighted by Crippen LogP contribution is -2.30. The molecule has 0 saturated carbocycles. The van der Waals surface area contributed by atoms with Gasteiger partial charge in [0.25, 0.3) is 0 Å². The van der Waals surface area contributed by atoms with E-state index in [4.69, 9.17) is 0 Å². The number of hydrogen-bond acceptors (Lipinski definition) is 6. The van der Waals surface area contributed by atoms with Crippen molar-refractivity contribution in [2.45, 2.75) is 23.3 Å². The number of nitrogens with one attached hydrogen (secondary N) is 4. The molecule has 2 rings (SSSR count). The first-order chi connectivity index (χ1) is 12.0. The predicted molar refractivity (Wildman–Crippen MR) is 96.0 cm³/mol. The molecule has 2 aromatic rings. The Balaban J connectivity index is 1.77. The second-order valence-corrected chi connectivity index (χ2v) is 7.84. The van der Waals surface area contributed by atoms with E-state index in [1.165, 1.54) is 23.9 Å². The molecule has 1 aromatic heterocycles. The number of amides is 2. The number of carbonyl (C=O) groups is 1. The summed E-state index contributed by atoms with van der Waals surface area (Å²) >= 11 is 1.47. The van der Waals surface area contributed by atoms with E-state index in [-0.39, 0.29) is 10.9 Å². The molecular weight excluding hydrogens is 364 g/mol. The number of aromatic nitrogens is 3. The summed E-state index contributed by atoms with van der Waals surface area (Å²) < 4.78 is 26.4. The van der Waals surface area contributed by atoms with Gasteiger partial charge in [-0.3, -0.25) is 0 Å². The van der Waals surface area contributed by atoms with Crippen molar-refractivity contribution in [2.24, 2.45) is 0 Å². The van der Waals surface area contributed by atoms with E-state index < -0.39 is 10.0 Å². The summed E-state index contributed by atoms with van der Waals surface area (Å²) in [6.07, 6.45) is 2.32. The van der Waals surface area contributed by atoms with Crippen molar-refractivity contribution in [3.8, 4) is 0 Å². The van der Waals surface area contributed by atoms with E-state index in [9.17, 15) is 13.2 Å². The Morgan fingerprint density at radius 3 is 2.64 bits per heavy atom. The van der Waals surface area contributed by atoms with Crippen LogP contribution in [0.2, 0.25) is 0 Å². The zero-order chi connectivity index (χ0) is 18.1. The van der Waals surface area contributed by atoms with E-state index in [1.807, 2.05) is 6.92 Å². The molecule has 4 N–H and O–H groups in total. The van der Waals surface area contributed by atoms with Crippen LogP contribution in [0.4, 0.5) is 10.5 Å². The highest BCUT2D eigenvalue weighted by atomic mass is 32.2. The second kappa shape index (κ2) is 9.39. The highest BCUT2D eigenvalue weighted by Gasteiger charge is 2.12. The number of aromatic amines is 1. The summed E-state index contributed by atoms with van der Waals surface area (Å²) in [6, 6.07) is 5.64. The number of carbonyl (C=O) groups excluding carboxylic acids is 1. The lowest BCUT2D eigenvalue weighted by atomic mass is 10.3. The molecule has 9 nitrogen and oxygen atoms in total. The van der Waals surface area contributed by atoms with Gasteiger partial charge in [0.15, 0.2) is 0 Å². The molecule has 1 heterocycles. The topological polar surface area (TPSA) is 129 Å². The first kappa shape index (κ1) is 19.2. The third kappa shape index (κ3) is 6.36. The third-order valence-corrected chi connectivity index (χ3v) is 5.37. The van der Waals surface area contributed by atoms with Crippen LogP contribution in [-0.2, 0) is 10.0 Å². The van der Waals surface area contributed by atoms with Crippen molar-refractivity contribution in [1.29, 1.82) is 0 Å². The Labute approximate surface area is 150 Å². The third-order valence-electron chi connectivity index (χ3n) is 3.00. The van der Waals surface area contributed by atoms with Gasteiger partial charge in [-0.2, -0.15) is 10.3 Å². The van der Waals surface area contributed by atoms with Gasteiger partial charge in [0.1, 0.15) is 5.03 Å². The Bertz CT molecular complexity index is 762. The fraction of sp³-hybridized carbons (Fsp3) is 0.357. The summed E-state index contributed by atoms with van der Waals surface area (Å²) in [6.45, 7) is 2.73. The quantitative estimate of drug-likeness (QED) is 0.382. The number of sulfonamides is 1. The Morgan fingerprint density at radius 2 is 2.00 bits per heavy atom. The summed E-state index contributed by atoms with van der Waals surface area (Å²) in [7, 11) is -3.50. The molecule has 2 amide bonds. The van der Waals surface area contributed by atoms with E-state index in [0.717, 1.165) is 5.03 Å². The Morgan fingerprint density at radius 1 is 1.24 bits per heavy atom. The number of H-pyrrole nitrogens is 1. The van der Waals surface area contributed by atoms with Crippen LogP contribution in [0.5, 0.6) is 0 Å². The maximum Gasteiger partial charge on any atom is 0.319 e. The van der Waals surface area contributed by atoms with Gasteiger partial charge in [-0.05, 0) is 30.7 Å². The van der Waals surface area contributed by atoms with Crippen molar-refractivity contribution in [3.05, 3.63) is 30.5 Å². The van der Waals surface area contributed by atoms with Gasteiger partial charge in [0.05, 0.1) is 11.1 Å². The molecule has 11 heteroatoms. The molecule has 0 bridgehead atoms. The van der Waals surface area contributed by atoms with E-state index >= 15 is 0 Å². The lowest BCUT2D eigenvalue weighted by molar-refractivity contribution is 0.252. The van der Waals surface area contributed by atoms with E-state index in [1.54, 1.807) is 18.3 Å². The van der Waals surface area contributed by atoms with Crippen LogP contribution < -0.4 is 15.4 Å². The number of rotatable bonds is 9. The monoisotopic (exact) mass is 384 g/mol. The van der Waals surface area contributed by atoms with Crippen LogP contribution >= 0.6 is 11.8 Å². The number of urea groups is 1. The highest BCUT2D eigenvalue weighted by Crippen LogP contribution is 2.14. The van der Waals surface area contributed by atoms with E-state index in [2.05, 4.69) is 30.8 Å². The van der Waals surface area contributed by atoms with Crippen LogP contribution in [0.15, 0.2) is 40.4 Å². The molecule has 0 aliphatic rings. The Hall–Kier alpha value is -2.11. The minimum atomic E-state index is -3.50. The predicted octanol–water partition coefficient (Wildman–Crippen LogP) is 1.41. The zero-order valence-corrected chi connectivity index (χ0v) is 15.3. The average Bonchev–Trinajstić information content (AvgIpc) is 3.11. The molecule has 0 spiro atoms. The summed E-state index contributed by atoms with van der Waals surface area (Å²) in [4.78, 5) is 12.0. The van der Waals surface area contributed by atoms with Gasteiger partial charge in [-0.25, -0.2) is 17.9 Å². The molecule has 0 saturated heterocycles. The maximum atomic E-state index is 12.0. The van der Waals surface area contributed by atoms with Gasteiger partial charge >= 0.3 is 6.03 Å². The van der Waals surface area contributed by atoms with Crippen LogP contribution in [0.3, 0.4) is 0 Å². The van der Waals surface area contributed by atoms with Crippen LogP contribution in [0.1, 0.15) is 13.3 Å². The molecule has 25 heavy (non-hydrogen) atoms. The van der Waals surface area contributed by atoms with Gasteiger partial charge in [0, 0.05) is 24.5 Å². The SMILES string of the molecule is CCCNS(=O)(=O)c1ccc(NC(=O)NCCSc2cn[nH]n2)cc1. The molecule has 1 aromatic carbocycles. The maximum absolute atomic E-state index is 12.0. The number of benzene rings is 1. The average molecular weight is 384 g/mol. The lowest BCUT2D eigenvalue weighted by Gasteiger charge is -2.09. The molecule has 136 valence electrons. The van der Waals surface area contributed by atoms with Crippen molar-refractivity contribution in [2.75, 3.05) is 24.2 Å². The molecule has 0 atom stereocenters. The van der Waals surface area contributed by atoms with Crippen LogP contribution in [0, 0.1) is 0 Å². The highest BCUT2D eigenvalue weighted by molar-refractivity contribution is 7.99. The number of nitrogens with zero attached hydrogens (tertiary/aromatic N) is 2. The molecule has 0 radical (unpaired) electrons. The minimum Gasteiger partial charge on any atom is -0.337 e. The van der Waals surface area contributed by atoms with Crippen molar-refractivity contribution in [3.63, 3.8) is 0 Å². The minimum absolute atomic E-state index is 0.163. The summed E-state index contributed by atoms with van der Waals surface area (Å²) in [5, 5.41) is 16.2. The first-order valence-corrected chi connectivity index (χ1v) is 10.1. The van der Waals surface area contributed by atoms with Crippen LogP contribution in [-0.4, -0.2) is 48.7 Å². The van der Waals surface area contributed by atoms with Crippen molar-refractivity contribution < 1.29 is 13.2 Å². The number of hydrogen-bond donors (Lipinski definition) is 4. The van der Waals surface area contributed by atoms with Gasteiger partial charge in [-0.15, -0.1) is 16.9 Å². The first-order valence-electron chi connectivity index (χ1n) is 7.64. The van der Waals surface area contributed by atoms with Crippen molar-refractivity contribution in [1.82, 2.24) is 25.4 Å². The zero-order valence-electron chi connectivity index (χ0n) is 13.7. The van der Waals surface area contributed by atoms with Gasteiger partial charge in [0.2, 0.25) is 10.0 Å². The largest absolute Gasteiger partial charge is 0.337 e. The molecule has 0 unspecified atom stereocenters.